The van der Waals surface area contributed by atoms with Gasteiger partial charge in [0.05, 0.1) is 19.3 Å². The van der Waals surface area contributed by atoms with Crippen molar-refractivity contribution in [3.8, 4) is 0 Å². The van der Waals surface area contributed by atoms with Crippen molar-refractivity contribution in [1.82, 2.24) is 29.8 Å². The summed E-state index contributed by atoms with van der Waals surface area (Å²) in [6.45, 7) is 9.02. The maximum Gasteiger partial charge on any atom is 0.291 e. The summed E-state index contributed by atoms with van der Waals surface area (Å²) in [5.41, 5.74) is 1.72. The molecule has 0 spiro atoms. The van der Waals surface area contributed by atoms with Gasteiger partial charge in [-0.15, -0.1) is 5.10 Å². The number of nitrogens with one attached hydrogen (secondary N) is 1. The average molecular weight is 384 g/mol. The normalized spacial score (nSPS) is 16.4. The van der Waals surface area contributed by atoms with Gasteiger partial charge in [0.15, 0.2) is 0 Å². The molecule has 4 heterocycles. The second-order valence-electron chi connectivity index (χ2n) is 7.01. The Morgan fingerprint density at radius 1 is 1.21 bits per heavy atom. The molecule has 0 aromatic carbocycles. The number of fused-ring (bicyclic) bond motifs is 1. The monoisotopic (exact) mass is 384 g/mol. The Balaban J connectivity index is 1.51. The van der Waals surface area contributed by atoms with Crippen molar-refractivity contribution >= 4 is 11.7 Å². The molecule has 3 aromatic heterocycles. The topological polar surface area (TPSA) is 97.8 Å². The lowest BCUT2D eigenvalue weighted by Crippen LogP contribution is -2.43. The number of ether oxygens (including phenoxy) is 1. The lowest BCUT2D eigenvalue weighted by atomic mass is 10.1. The fraction of sp³-hybridized carbons (Fsp3) is 0.474. The van der Waals surface area contributed by atoms with Gasteiger partial charge in [-0.3, -0.25) is 9.69 Å². The van der Waals surface area contributed by atoms with Gasteiger partial charge in [-0.25, -0.2) is 9.50 Å². The fourth-order valence-corrected chi connectivity index (χ4v) is 3.46. The first-order valence-electron chi connectivity index (χ1n) is 9.38. The fourth-order valence-electron chi connectivity index (χ4n) is 3.46. The van der Waals surface area contributed by atoms with Crippen molar-refractivity contribution in [2.24, 2.45) is 0 Å². The van der Waals surface area contributed by atoms with Crippen LogP contribution in [0, 0.1) is 20.8 Å². The predicted octanol–water partition coefficient (Wildman–Crippen LogP) is 1.45. The molecule has 148 valence electrons. The van der Waals surface area contributed by atoms with Crippen molar-refractivity contribution in [1.29, 1.82) is 0 Å². The number of aryl methyl sites for hydroxylation is 3. The Morgan fingerprint density at radius 3 is 2.71 bits per heavy atom. The lowest BCUT2D eigenvalue weighted by molar-refractivity contribution is 0.0116. The summed E-state index contributed by atoms with van der Waals surface area (Å²) in [5.74, 6) is 1.88. The molecule has 0 aliphatic carbocycles. The van der Waals surface area contributed by atoms with Gasteiger partial charge in [-0.2, -0.15) is 4.98 Å². The zero-order valence-corrected chi connectivity index (χ0v) is 16.3. The molecule has 1 amide bonds. The van der Waals surface area contributed by atoms with Gasteiger partial charge in [0.2, 0.25) is 5.82 Å². The summed E-state index contributed by atoms with van der Waals surface area (Å²) in [4.78, 5) is 23.5. The third-order valence-corrected chi connectivity index (χ3v) is 4.85. The first-order chi connectivity index (χ1) is 13.5. The van der Waals surface area contributed by atoms with Crippen molar-refractivity contribution in [3.63, 3.8) is 0 Å². The number of furan rings is 1. The highest BCUT2D eigenvalue weighted by molar-refractivity contribution is 5.90. The van der Waals surface area contributed by atoms with E-state index in [-0.39, 0.29) is 17.8 Å². The molecule has 0 saturated carbocycles. The van der Waals surface area contributed by atoms with Crippen LogP contribution >= 0.6 is 0 Å². The minimum absolute atomic E-state index is 0.0688. The molecular weight excluding hydrogens is 360 g/mol. The van der Waals surface area contributed by atoms with Crippen molar-refractivity contribution in [2.75, 3.05) is 32.8 Å². The highest BCUT2D eigenvalue weighted by Gasteiger charge is 2.26. The van der Waals surface area contributed by atoms with E-state index < -0.39 is 0 Å². The van der Waals surface area contributed by atoms with E-state index in [0.29, 0.717) is 25.5 Å². The van der Waals surface area contributed by atoms with Gasteiger partial charge in [0.25, 0.3) is 11.7 Å². The molecule has 0 radical (unpaired) electrons. The van der Waals surface area contributed by atoms with Crippen LogP contribution in [0.15, 0.2) is 22.6 Å². The van der Waals surface area contributed by atoms with Crippen molar-refractivity contribution < 1.29 is 13.9 Å². The van der Waals surface area contributed by atoms with Crippen molar-refractivity contribution in [2.45, 2.75) is 26.8 Å². The SMILES string of the molecule is Cc1cc(C)n2nc(C(=O)NCC(c3ccc(C)o3)N3CCOCC3)nc2n1. The molecule has 4 rings (SSSR count). The van der Waals surface area contributed by atoms with Crippen LogP contribution in [0.25, 0.3) is 5.78 Å². The van der Waals surface area contributed by atoms with E-state index in [0.717, 1.165) is 36.0 Å². The Labute approximate surface area is 162 Å². The quantitative estimate of drug-likeness (QED) is 0.711. The molecule has 9 heteroatoms. The Hall–Kier alpha value is -2.78. The Bertz CT molecular complexity index is 989. The van der Waals surface area contributed by atoms with Gasteiger partial charge in [-0.05, 0) is 39.0 Å². The third kappa shape index (κ3) is 3.76. The highest BCUT2D eigenvalue weighted by Crippen LogP contribution is 2.23. The molecule has 1 atom stereocenters. The first kappa shape index (κ1) is 18.6. The zero-order valence-electron chi connectivity index (χ0n) is 16.3. The second-order valence-corrected chi connectivity index (χ2v) is 7.01. The van der Waals surface area contributed by atoms with E-state index in [2.05, 4.69) is 25.3 Å². The summed E-state index contributed by atoms with van der Waals surface area (Å²) in [5, 5.41) is 7.25. The van der Waals surface area contributed by atoms with Gasteiger partial charge in [0, 0.05) is 31.0 Å². The zero-order chi connectivity index (χ0) is 19.7. The standard InChI is InChI=1S/C19H24N6O3/c1-12-10-13(2)25-19(21-12)22-17(23-25)18(26)20-11-15(16-5-4-14(3)28-16)24-6-8-27-9-7-24/h4-5,10,15H,6-9,11H2,1-3H3,(H,20,26). The summed E-state index contributed by atoms with van der Waals surface area (Å²) in [7, 11) is 0. The van der Waals surface area contributed by atoms with Crippen LogP contribution in [0.1, 0.15) is 39.6 Å². The first-order valence-corrected chi connectivity index (χ1v) is 9.38. The van der Waals surface area contributed by atoms with Gasteiger partial charge in [0.1, 0.15) is 11.5 Å². The van der Waals surface area contributed by atoms with Gasteiger partial charge in [-0.1, -0.05) is 0 Å². The largest absolute Gasteiger partial charge is 0.465 e. The van der Waals surface area contributed by atoms with Crippen molar-refractivity contribution in [3.05, 3.63) is 46.9 Å². The van der Waals surface area contributed by atoms with Crippen LogP contribution in [0.2, 0.25) is 0 Å². The number of hydrogen-bond acceptors (Lipinski definition) is 7. The number of amides is 1. The van der Waals surface area contributed by atoms with E-state index in [1.807, 2.05) is 39.0 Å². The molecule has 1 unspecified atom stereocenters. The van der Waals surface area contributed by atoms with Crippen LogP contribution in [0.4, 0.5) is 0 Å². The molecule has 1 aliphatic heterocycles. The minimum Gasteiger partial charge on any atom is -0.465 e. The van der Waals surface area contributed by atoms with E-state index in [1.54, 1.807) is 4.52 Å². The van der Waals surface area contributed by atoms with E-state index in [9.17, 15) is 4.79 Å². The highest BCUT2D eigenvalue weighted by atomic mass is 16.5. The Kier molecular flexibility index (Phi) is 5.10. The number of rotatable bonds is 5. The van der Waals surface area contributed by atoms with E-state index >= 15 is 0 Å². The van der Waals surface area contributed by atoms with Crippen LogP contribution in [0.5, 0.6) is 0 Å². The summed E-state index contributed by atoms with van der Waals surface area (Å²) < 4.78 is 12.9. The van der Waals surface area contributed by atoms with Gasteiger partial charge < -0.3 is 14.5 Å². The Morgan fingerprint density at radius 2 is 2.00 bits per heavy atom. The number of morpholine rings is 1. The van der Waals surface area contributed by atoms with Gasteiger partial charge >= 0.3 is 0 Å². The van der Waals surface area contributed by atoms with Crippen LogP contribution in [0.3, 0.4) is 0 Å². The summed E-state index contributed by atoms with van der Waals surface area (Å²) >= 11 is 0. The van der Waals surface area contributed by atoms with Crippen LogP contribution < -0.4 is 5.32 Å². The number of carbonyl (C=O) groups is 1. The average Bonchev–Trinajstić information content (AvgIpc) is 3.29. The van der Waals surface area contributed by atoms with E-state index in [4.69, 9.17) is 9.15 Å². The smallest absolute Gasteiger partial charge is 0.291 e. The minimum atomic E-state index is -0.330. The third-order valence-electron chi connectivity index (χ3n) is 4.85. The molecule has 1 N–H and O–H groups in total. The molecule has 1 aliphatic rings. The number of hydrogen-bond donors (Lipinski definition) is 1. The van der Waals surface area contributed by atoms with Crippen LogP contribution in [-0.2, 0) is 4.74 Å². The number of nitrogens with zero attached hydrogens (tertiary/aromatic N) is 5. The molecular formula is C19H24N6O3. The maximum absolute atomic E-state index is 12.7. The van der Waals surface area contributed by atoms with E-state index in [1.165, 1.54) is 0 Å². The second kappa shape index (κ2) is 7.69. The summed E-state index contributed by atoms with van der Waals surface area (Å²) in [6.07, 6.45) is 0. The molecule has 3 aromatic rings. The number of carbonyl (C=O) groups excluding carboxylic acids is 1. The maximum atomic E-state index is 12.7. The summed E-state index contributed by atoms with van der Waals surface area (Å²) in [6, 6.07) is 5.73. The predicted molar refractivity (Wildman–Crippen MR) is 101 cm³/mol. The molecule has 0 bridgehead atoms. The lowest BCUT2D eigenvalue weighted by Gasteiger charge is -2.33. The molecule has 28 heavy (non-hydrogen) atoms. The number of aromatic nitrogens is 4. The molecule has 1 fully saturated rings. The molecule has 9 nitrogen and oxygen atoms in total. The van der Waals surface area contributed by atoms with Crippen LogP contribution in [-0.4, -0.2) is 63.2 Å². The molecule has 1 saturated heterocycles.